The van der Waals surface area contributed by atoms with E-state index in [1.165, 1.54) is 5.56 Å². The maximum absolute atomic E-state index is 5.73. The summed E-state index contributed by atoms with van der Waals surface area (Å²) in [6.07, 6.45) is 0. The van der Waals surface area contributed by atoms with Crippen LogP contribution in [0.3, 0.4) is 0 Å². The van der Waals surface area contributed by atoms with Crippen molar-refractivity contribution >= 4 is 15.9 Å². The summed E-state index contributed by atoms with van der Waals surface area (Å²) in [6.45, 7) is 7.51. The van der Waals surface area contributed by atoms with Gasteiger partial charge >= 0.3 is 0 Å². The Labute approximate surface area is 112 Å². The lowest BCUT2D eigenvalue weighted by atomic mass is 10.0. The lowest BCUT2D eigenvalue weighted by Gasteiger charge is -2.28. The number of nitrogens with zero attached hydrogens (tertiary/aromatic N) is 1. The zero-order valence-electron chi connectivity index (χ0n) is 10.5. The number of ether oxygens (including phenoxy) is 1. The minimum Gasteiger partial charge on any atom is -0.493 e. The van der Waals surface area contributed by atoms with E-state index in [-0.39, 0.29) is 0 Å². The molecule has 0 radical (unpaired) electrons. The second-order valence-electron chi connectivity index (χ2n) is 4.82. The van der Waals surface area contributed by atoms with E-state index in [1.54, 1.807) is 0 Å². The maximum Gasteiger partial charge on any atom is 0.122 e. The number of hydrogen-bond donors (Lipinski definition) is 0. The van der Waals surface area contributed by atoms with E-state index in [9.17, 15) is 0 Å². The monoisotopic (exact) mass is 297 g/mol. The fourth-order valence-corrected chi connectivity index (χ4v) is 2.79. The van der Waals surface area contributed by atoms with Crippen molar-refractivity contribution in [1.29, 1.82) is 0 Å². The van der Waals surface area contributed by atoms with E-state index >= 15 is 0 Å². The van der Waals surface area contributed by atoms with Gasteiger partial charge in [-0.15, -0.1) is 0 Å². The van der Waals surface area contributed by atoms with Crippen molar-refractivity contribution in [3.63, 3.8) is 0 Å². The molecule has 3 heteroatoms. The molecule has 0 N–H and O–H groups in total. The van der Waals surface area contributed by atoms with Gasteiger partial charge in [-0.25, -0.2) is 0 Å². The quantitative estimate of drug-likeness (QED) is 0.774. The van der Waals surface area contributed by atoms with E-state index in [1.807, 2.05) is 6.07 Å². The first-order chi connectivity index (χ1) is 8.22. The first-order valence-corrected chi connectivity index (χ1v) is 7.36. The van der Waals surface area contributed by atoms with Gasteiger partial charge < -0.3 is 4.74 Å². The topological polar surface area (TPSA) is 12.5 Å². The molecular weight excluding hydrogens is 278 g/mol. The summed E-state index contributed by atoms with van der Waals surface area (Å²) in [6, 6.07) is 8.99. The second-order valence-corrected chi connectivity index (χ2v) is 5.62. The zero-order valence-corrected chi connectivity index (χ0v) is 12.1. The van der Waals surface area contributed by atoms with Crippen LogP contribution in [0.25, 0.3) is 0 Å². The normalized spacial score (nSPS) is 18.5. The first kappa shape index (κ1) is 12.9. The van der Waals surface area contributed by atoms with Gasteiger partial charge in [0.25, 0.3) is 0 Å². The zero-order chi connectivity index (χ0) is 12.3. The van der Waals surface area contributed by atoms with Crippen molar-refractivity contribution in [1.82, 2.24) is 4.90 Å². The number of hydrogen-bond acceptors (Lipinski definition) is 2. The van der Waals surface area contributed by atoms with Gasteiger partial charge in [0, 0.05) is 35.9 Å². The lowest BCUT2D eigenvalue weighted by Crippen LogP contribution is -2.36. The molecule has 94 valence electrons. The number of fused-ring (bicyclic) bond motifs is 1. The van der Waals surface area contributed by atoms with Crippen molar-refractivity contribution in [2.75, 3.05) is 25.0 Å². The van der Waals surface area contributed by atoms with Gasteiger partial charge in [0.2, 0.25) is 0 Å². The van der Waals surface area contributed by atoms with Crippen LogP contribution in [0.15, 0.2) is 24.3 Å². The molecule has 1 aliphatic rings. The second kappa shape index (κ2) is 5.87. The van der Waals surface area contributed by atoms with Crippen LogP contribution in [0.2, 0.25) is 0 Å². The summed E-state index contributed by atoms with van der Waals surface area (Å²) in [7, 11) is 0. The van der Waals surface area contributed by atoms with E-state index in [0.29, 0.717) is 12.0 Å². The Morgan fingerprint density at radius 3 is 2.88 bits per heavy atom. The van der Waals surface area contributed by atoms with Crippen LogP contribution < -0.4 is 4.74 Å². The summed E-state index contributed by atoms with van der Waals surface area (Å²) in [5.74, 6) is 1.59. The molecule has 1 unspecified atom stereocenters. The molecule has 0 amide bonds. The number of benzene rings is 1. The number of rotatable bonds is 5. The summed E-state index contributed by atoms with van der Waals surface area (Å²) < 4.78 is 5.73. The van der Waals surface area contributed by atoms with Crippen molar-refractivity contribution in [2.45, 2.75) is 25.8 Å². The van der Waals surface area contributed by atoms with Crippen LogP contribution in [0.4, 0.5) is 0 Å². The average molecular weight is 298 g/mol. The van der Waals surface area contributed by atoms with Gasteiger partial charge in [0.05, 0.1) is 6.61 Å². The van der Waals surface area contributed by atoms with Crippen LogP contribution in [0.5, 0.6) is 5.75 Å². The largest absolute Gasteiger partial charge is 0.493 e. The Morgan fingerprint density at radius 1 is 1.41 bits per heavy atom. The van der Waals surface area contributed by atoms with Crippen LogP contribution in [0.1, 0.15) is 25.3 Å². The highest BCUT2D eigenvalue weighted by atomic mass is 79.9. The Kier molecular flexibility index (Phi) is 4.46. The van der Waals surface area contributed by atoms with E-state index in [0.717, 1.165) is 30.8 Å². The standard InChI is InChI=1S/C14H20BrNO/c1-11(2)16(8-7-15)9-12-10-17-14-6-4-3-5-13(12)14/h3-6,11-12H,7-10H2,1-2H3. The molecule has 0 aliphatic carbocycles. The smallest absolute Gasteiger partial charge is 0.122 e. The molecule has 0 bridgehead atoms. The first-order valence-electron chi connectivity index (χ1n) is 6.24. The van der Waals surface area contributed by atoms with E-state index in [2.05, 4.69) is 52.9 Å². The third kappa shape index (κ3) is 3.02. The minimum absolute atomic E-state index is 0.521. The van der Waals surface area contributed by atoms with Gasteiger partial charge in [-0.1, -0.05) is 34.1 Å². The Balaban J connectivity index is 2.05. The molecule has 0 saturated carbocycles. The average Bonchev–Trinajstić information content (AvgIpc) is 2.72. The van der Waals surface area contributed by atoms with Gasteiger partial charge in [0.15, 0.2) is 0 Å². The SMILES string of the molecule is CC(C)N(CCBr)CC1COc2ccccc21. The molecule has 1 atom stereocenters. The molecule has 0 saturated heterocycles. The van der Waals surface area contributed by atoms with Crippen LogP contribution >= 0.6 is 15.9 Å². The third-order valence-electron chi connectivity index (χ3n) is 3.36. The van der Waals surface area contributed by atoms with E-state index < -0.39 is 0 Å². The van der Waals surface area contributed by atoms with Crippen molar-refractivity contribution in [2.24, 2.45) is 0 Å². The van der Waals surface area contributed by atoms with Crippen LogP contribution in [-0.2, 0) is 0 Å². The third-order valence-corrected chi connectivity index (χ3v) is 3.71. The Hall–Kier alpha value is -0.540. The molecule has 2 rings (SSSR count). The fraction of sp³-hybridized carbons (Fsp3) is 0.571. The predicted molar refractivity (Wildman–Crippen MR) is 75.2 cm³/mol. The summed E-state index contributed by atoms with van der Waals surface area (Å²) >= 11 is 3.53. The molecule has 0 fully saturated rings. The molecule has 0 aromatic heterocycles. The number of alkyl halides is 1. The number of para-hydroxylation sites is 1. The van der Waals surface area contributed by atoms with Crippen LogP contribution in [0, 0.1) is 0 Å². The highest BCUT2D eigenvalue weighted by molar-refractivity contribution is 9.09. The molecule has 1 aliphatic heterocycles. The number of halogens is 1. The molecular formula is C14H20BrNO. The molecule has 1 aromatic carbocycles. The van der Waals surface area contributed by atoms with Crippen molar-refractivity contribution in [3.05, 3.63) is 29.8 Å². The Morgan fingerprint density at radius 2 is 2.18 bits per heavy atom. The van der Waals surface area contributed by atoms with Gasteiger partial charge in [0.1, 0.15) is 5.75 Å². The predicted octanol–water partition coefficient (Wildman–Crippen LogP) is 3.27. The fourth-order valence-electron chi connectivity index (χ4n) is 2.33. The summed E-state index contributed by atoms with van der Waals surface area (Å²) in [4.78, 5) is 2.50. The van der Waals surface area contributed by atoms with Crippen molar-refractivity contribution < 1.29 is 4.74 Å². The van der Waals surface area contributed by atoms with Gasteiger partial charge in [-0.3, -0.25) is 4.90 Å². The molecule has 1 heterocycles. The molecule has 2 nitrogen and oxygen atoms in total. The van der Waals surface area contributed by atoms with Gasteiger partial charge in [-0.05, 0) is 19.9 Å². The molecule has 0 spiro atoms. The minimum atomic E-state index is 0.521. The van der Waals surface area contributed by atoms with Crippen molar-refractivity contribution in [3.8, 4) is 5.75 Å². The lowest BCUT2D eigenvalue weighted by molar-refractivity contribution is 0.205. The summed E-state index contributed by atoms with van der Waals surface area (Å²) in [5.41, 5.74) is 1.37. The van der Waals surface area contributed by atoms with Gasteiger partial charge in [-0.2, -0.15) is 0 Å². The Bertz CT molecular complexity index is 367. The highest BCUT2D eigenvalue weighted by Gasteiger charge is 2.26. The summed E-state index contributed by atoms with van der Waals surface area (Å²) in [5, 5.41) is 1.03. The maximum atomic E-state index is 5.73. The molecule has 17 heavy (non-hydrogen) atoms. The molecule has 1 aromatic rings. The van der Waals surface area contributed by atoms with Crippen LogP contribution in [-0.4, -0.2) is 36.0 Å². The highest BCUT2D eigenvalue weighted by Crippen LogP contribution is 2.34. The van der Waals surface area contributed by atoms with E-state index in [4.69, 9.17) is 4.74 Å².